The molecular formula is C17H15N5O2. The monoisotopic (exact) mass is 321 g/mol. The number of benzene rings is 1. The molecule has 0 saturated carbocycles. The third-order valence-corrected chi connectivity index (χ3v) is 4.22. The molecule has 0 N–H and O–H groups in total. The van der Waals surface area contributed by atoms with Gasteiger partial charge >= 0.3 is 0 Å². The molecule has 7 nitrogen and oxygen atoms in total. The van der Waals surface area contributed by atoms with Gasteiger partial charge in [0.15, 0.2) is 0 Å². The van der Waals surface area contributed by atoms with Gasteiger partial charge in [-0.05, 0) is 30.7 Å². The van der Waals surface area contributed by atoms with E-state index in [1.54, 1.807) is 28.6 Å². The van der Waals surface area contributed by atoms with Crippen molar-refractivity contribution in [3.8, 4) is 5.75 Å². The molecule has 0 unspecified atom stereocenters. The zero-order valence-electron chi connectivity index (χ0n) is 13.2. The molecule has 0 aliphatic carbocycles. The van der Waals surface area contributed by atoms with Crippen LogP contribution in [0.5, 0.6) is 5.75 Å². The molecule has 0 aliphatic rings. The maximum Gasteiger partial charge on any atom is 0.262 e. The summed E-state index contributed by atoms with van der Waals surface area (Å²) < 4.78 is 8.43. The lowest BCUT2D eigenvalue weighted by Crippen LogP contribution is -2.24. The van der Waals surface area contributed by atoms with Crippen molar-refractivity contribution in [1.29, 1.82) is 0 Å². The second-order valence-corrected chi connectivity index (χ2v) is 5.51. The number of ether oxygens (including phenoxy) is 1. The van der Waals surface area contributed by atoms with Crippen molar-refractivity contribution in [1.82, 2.24) is 24.1 Å². The number of pyridine rings is 1. The van der Waals surface area contributed by atoms with Crippen molar-refractivity contribution >= 4 is 16.7 Å². The summed E-state index contributed by atoms with van der Waals surface area (Å²) in [5.74, 6) is 1.26. The van der Waals surface area contributed by atoms with Gasteiger partial charge in [0, 0.05) is 12.4 Å². The summed E-state index contributed by atoms with van der Waals surface area (Å²) in [7, 11) is 1.63. The summed E-state index contributed by atoms with van der Waals surface area (Å²) in [5.41, 5.74) is 1.61. The zero-order valence-corrected chi connectivity index (χ0v) is 13.2. The van der Waals surface area contributed by atoms with Crippen LogP contribution in [0.1, 0.15) is 18.5 Å². The standard InChI is InChI=1S/C17H15N5O2/c1-11(12-3-5-13(24-2)6-4-12)21-8-7-15-14(16(21)23)9-18-17-19-10-20-22(15)17/h3-11H,1-2H3/t11-/m0/s1. The van der Waals surface area contributed by atoms with Crippen LogP contribution in [0.15, 0.2) is 53.8 Å². The predicted octanol–water partition coefficient (Wildman–Crippen LogP) is 2.06. The van der Waals surface area contributed by atoms with Crippen LogP contribution in [0.2, 0.25) is 0 Å². The minimum atomic E-state index is -0.112. The van der Waals surface area contributed by atoms with Crippen LogP contribution in [-0.2, 0) is 0 Å². The molecule has 0 amide bonds. The van der Waals surface area contributed by atoms with Crippen LogP contribution < -0.4 is 10.3 Å². The van der Waals surface area contributed by atoms with Gasteiger partial charge < -0.3 is 9.30 Å². The lowest BCUT2D eigenvalue weighted by atomic mass is 10.1. The fourth-order valence-corrected chi connectivity index (χ4v) is 2.83. The van der Waals surface area contributed by atoms with E-state index >= 15 is 0 Å². The molecule has 24 heavy (non-hydrogen) atoms. The number of aromatic nitrogens is 5. The summed E-state index contributed by atoms with van der Waals surface area (Å²) in [6.45, 7) is 1.98. The Bertz CT molecular complexity index is 1080. The van der Waals surface area contributed by atoms with Crippen molar-refractivity contribution in [3.05, 3.63) is 65.0 Å². The number of nitrogens with zero attached hydrogens (tertiary/aromatic N) is 5. The molecule has 4 aromatic rings. The summed E-state index contributed by atoms with van der Waals surface area (Å²) >= 11 is 0. The van der Waals surface area contributed by atoms with Crippen LogP contribution in [0.4, 0.5) is 0 Å². The minimum Gasteiger partial charge on any atom is -0.497 e. The normalized spacial score (nSPS) is 12.6. The Morgan fingerprint density at radius 1 is 1.12 bits per heavy atom. The molecule has 7 heteroatoms. The van der Waals surface area contributed by atoms with E-state index in [0.717, 1.165) is 11.3 Å². The molecule has 0 aliphatic heterocycles. The van der Waals surface area contributed by atoms with Gasteiger partial charge in [-0.25, -0.2) is 4.98 Å². The van der Waals surface area contributed by atoms with Crippen LogP contribution in [0, 0.1) is 0 Å². The van der Waals surface area contributed by atoms with Gasteiger partial charge in [0.1, 0.15) is 12.1 Å². The smallest absolute Gasteiger partial charge is 0.262 e. The van der Waals surface area contributed by atoms with Gasteiger partial charge in [0.2, 0.25) is 0 Å². The van der Waals surface area contributed by atoms with Gasteiger partial charge in [0.25, 0.3) is 11.3 Å². The van der Waals surface area contributed by atoms with Crippen LogP contribution >= 0.6 is 0 Å². The average molecular weight is 321 g/mol. The Balaban J connectivity index is 1.85. The molecule has 4 rings (SSSR count). The maximum atomic E-state index is 12.9. The van der Waals surface area contributed by atoms with E-state index < -0.39 is 0 Å². The van der Waals surface area contributed by atoms with E-state index in [2.05, 4.69) is 15.1 Å². The van der Waals surface area contributed by atoms with Crippen molar-refractivity contribution in [3.63, 3.8) is 0 Å². The highest BCUT2D eigenvalue weighted by molar-refractivity contribution is 5.78. The summed E-state index contributed by atoms with van der Waals surface area (Å²) in [5, 5.41) is 4.63. The Morgan fingerprint density at radius 3 is 2.67 bits per heavy atom. The number of rotatable bonds is 3. The topological polar surface area (TPSA) is 74.3 Å². The van der Waals surface area contributed by atoms with Crippen molar-refractivity contribution in [2.45, 2.75) is 13.0 Å². The lowest BCUT2D eigenvalue weighted by Gasteiger charge is -2.16. The molecule has 0 saturated heterocycles. The second-order valence-electron chi connectivity index (χ2n) is 5.51. The SMILES string of the molecule is COc1ccc([C@H](C)n2ccc3c(cnc4ncnn43)c2=O)cc1. The summed E-state index contributed by atoms with van der Waals surface area (Å²) in [4.78, 5) is 21.1. The van der Waals surface area contributed by atoms with Crippen LogP contribution in [0.3, 0.4) is 0 Å². The van der Waals surface area contributed by atoms with E-state index in [9.17, 15) is 4.79 Å². The second kappa shape index (κ2) is 5.45. The third-order valence-electron chi connectivity index (χ3n) is 4.22. The molecule has 3 heterocycles. The highest BCUT2D eigenvalue weighted by Crippen LogP contribution is 2.20. The van der Waals surface area contributed by atoms with Gasteiger partial charge in [-0.15, -0.1) is 0 Å². The molecule has 0 fully saturated rings. The highest BCUT2D eigenvalue weighted by atomic mass is 16.5. The van der Waals surface area contributed by atoms with E-state index in [4.69, 9.17) is 4.74 Å². The van der Waals surface area contributed by atoms with Crippen LogP contribution in [0.25, 0.3) is 16.7 Å². The van der Waals surface area contributed by atoms with Crippen LogP contribution in [-0.4, -0.2) is 31.3 Å². The minimum absolute atomic E-state index is 0.110. The Kier molecular flexibility index (Phi) is 3.26. The molecule has 3 aromatic heterocycles. The number of hydrogen-bond donors (Lipinski definition) is 0. The highest BCUT2D eigenvalue weighted by Gasteiger charge is 2.13. The molecule has 0 radical (unpaired) electrons. The first-order valence-corrected chi connectivity index (χ1v) is 7.52. The molecule has 1 atom stereocenters. The fourth-order valence-electron chi connectivity index (χ4n) is 2.83. The zero-order chi connectivity index (χ0) is 16.7. The maximum absolute atomic E-state index is 12.9. The van der Waals surface area contributed by atoms with Crippen molar-refractivity contribution < 1.29 is 4.74 Å². The first-order valence-electron chi connectivity index (χ1n) is 7.52. The van der Waals surface area contributed by atoms with E-state index in [-0.39, 0.29) is 11.6 Å². The largest absolute Gasteiger partial charge is 0.497 e. The molecule has 120 valence electrons. The predicted molar refractivity (Wildman–Crippen MR) is 89.4 cm³/mol. The first kappa shape index (κ1) is 14.4. The quantitative estimate of drug-likeness (QED) is 0.577. The Morgan fingerprint density at radius 2 is 1.92 bits per heavy atom. The number of hydrogen-bond acceptors (Lipinski definition) is 5. The molecular weight excluding hydrogens is 306 g/mol. The Labute approximate surface area is 137 Å². The van der Waals surface area contributed by atoms with Crippen molar-refractivity contribution in [2.24, 2.45) is 0 Å². The van der Waals surface area contributed by atoms with Gasteiger partial charge in [0.05, 0.1) is 24.1 Å². The molecule has 0 spiro atoms. The van der Waals surface area contributed by atoms with Gasteiger partial charge in [-0.2, -0.15) is 14.6 Å². The average Bonchev–Trinajstić information content (AvgIpc) is 3.11. The molecule has 0 bridgehead atoms. The number of fused-ring (bicyclic) bond motifs is 3. The van der Waals surface area contributed by atoms with E-state index in [0.29, 0.717) is 16.7 Å². The van der Waals surface area contributed by atoms with E-state index in [1.165, 1.54) is 6.33 Å². The number of methoxy groups -OCH3 is 1. The third kappa shape index (κ3) is 2.13. The Hall–Kier alpha value is -3.22. The summed E-state index contributed by atoms with van der Waals surface area (Å²) in [6.07, 6.45) is 4.76. The summed E-state index contributed by atoms with van der Waals surface area (Å²) in [6, 6.07) is 9.44. The van der Waals surface area contributed by atoms with E-state index in [1.807, 2.05) is 37.3 Å². The van der Waals surface area contributed by atoms with Crippen molar-refractivity contribution in [2.75, 3.05) is 7.11 Å². The molecule has 1 aromatic carbocycles. The first-order chi connectivity index (χ1) is 11.7. The lowest BCUT2D eigenvalue weighted by molar-refractivity contribution is 0.414. The van der Waals surface area contributed by atoms with Gasteiger partial charge in [-0.1, -0.05) is 12.1 Å². The van der Waals surface area contributed by atoms with Gasteiger partial charge in [-0.3, -0.25) is 4.79 Å². The fraction of sp³-hybridized carbons (Fsp3) is 0.176.